The second kappa shape index (κ2) is 3.16. The number of hydrogen-bond donors (Lipinski definition) is 0. The molecule has 1 heteroatoms. The van der Waals surface area contributed by atoms with Gasteiger partial charge < -0.3 is 0 Å². The average Bonchev–Trinajstić information content (AvgIpc) is 2.60. The second-order valence-corrected chi connectivity index (χ2v) is 6.48. The van der Waals surface area contributed by atoms with Crippen molar-refractivity contribution in [1.82, 2.24) is 0 Å². The summed E-state index contributed by atoms with van der Waals surface area (Å²) < 4.78 is 0. The molecule has 1 saturated heterocycles. The van der Waals surface area contributed by atoms with E-state index >= 15 is 0 Å². The van der Waals surface area contributed by atoms with Gasteiger partial charge in [-0.1, -0.05) is 0 Å². The predicted molar refractivity (Wildman–Crippen MR) is 49.9 cm³/mol. The maximum atomic E-state index is 3.77. The van der Waals surface area contributed by atoms with Crippen LogP contribution in [0.5, 0.6) is 0 Å². The first kappa shape index (κ1) is 7.64. The third-order valence-electron chi connectivity index (χ3n) is 2.56. The van der Waals surface area contributed by atoms with Gasteiger partial charge in [0.15, 0.2) is 0 Å². The summed E-state index contributed by atoms with van der Waals surface area (Å²) in [5, 5.41) is 0. The summed E-state index contributed by atoms with van der Waals surface area (Å²) in [6, 6.07) is 0. The zero-order chi connectivity index (χ0) is 7.68. The van der Waals surface area contributed by atoms with Gasteiger partial charge in [0.1, 0.15) is 0 Å². The Morgan fingerprint density at radius 3 is 3.00 bits per heavy atom. The first-order valence-electron chi connectivity index (χ1n) is 4.35. The topological polar surface area (TPSA) is 0 Å². The SMILES string of the molecule is C=CCC[C@@H]1[Se]C2C=CC1C2. The number of fused-ring (bicyclic) bond motifs is 2. The van der Waals surface area contributed by atoms with Crippen LogP contribution in [0.2, 0.25) is 9.63 Å². The fourth-order valence-electron chi connectivity index (χ4n) is 1.96. The molecule has 1 fully saturated rings. The van der Waals surface area contributed by atoms with Crippen molar-refractivity contribution in [3.63, 3.8) is 0 Å². The third-order valence-corrected chi connectivity index (χ3v) is 5.99. The van der Waals surface area contributed by atoms with Crippen LogP contribution < -0.4 is 0 Å². The monoisotopic (exact) mass is 214 g/mol. The molecule has 60 valence electrons. The van der Waals surface area contributed by atoms with Crippen LogP contribution in [0.25, 0.3) is 0 Å². The summed E-state index contributed by atoms with van der Waals surface area (Å²) >= 11 is 0.919. The van der Waals surface area contributed by atoms with Gasteiger partial charge in [0.05, 0.1) is 0 Å². The van der Waals surface area contributed by atoms with E-state index in [0.29, 0.717) is 0 Å². The molecule has 0 aromatic heterocycles. The summed E-state index contributed by atoms with van der Waals surface area (Å²) in [5.74, 6) is 0.958. The summed E-state index contributed by atoms with van der Waals surface area (Å²) in [6.07, 6.45) is 11.0. The van der Waals surface area contributed by atoms with Gasteiger partial charge in [0.25, 0.3) is 0 Å². The van der Waals surface area contributed by atoms with Gasteiger partial charge in [0, 0.05) is 0 Å². The molecule has 3 atom stereocenters. The summed E-state index contributed by atoms with van der Waals surface area (Å²) in [4.78, 5) is 2.05. The van der Waals surface area contributed by atoms with E-state index in [4.69, 9.17) is 0 Å². The molecule has 0 saturated carbocycles. The molecule has 0 amide bonds. The molecule has 11 heavy (non-hydrogen) atoms. The molecule has 0 spiro atoms. The van der Waals surface area contributed by atoms with Crippen molar-refractivity contribution in [1.29, 1.82) is 0 Å². The number of allylic oxidation sites excluding steroid dienone is 3. The van der Waals surface area contributed by atoms with Crippen LogP contribution in [0.3, 0.4) is 0 Å². The van der Waals surface area contributed by atoms with Gasteiger partial charge in [-0.05, 0) is 0 Å². The Kier molecular flexibility index (Phi) is 2.20. The molecule has 0 aromatic carbocycles. The second-order valence-electron chi connectivity index (χ2n) is 3.36. The van der Waals surface area contributed by atoms with Crippen LogP contribution in [0.4, 0.5) is 0 Å². The van der Waals surface area contributed by atoms with E-state index in [9.17, 15) is 0 Å². The predicted octanol–water partition coefficient (Wildman–Crippen LogP) is 2.82. The fourth-order valence-corrected chi connectivity index (χ4v) is 5.40. The Bertz CT molecular complexity index is 183. The Labute approximate surface area is 74.9 Å². The Balaban J connectivity index is 1.88. The van der Waals surface area contributed by atoms with Crippen molar-refractivity contribution in [2.24, 2.45) is 5.92 Å². The number of hydrogen-bond acceptors (Lipinski definition) is 0. The molecular formula is C10H14Se. The van der Waals surface area contributed by atoms with Gasteiger partial charge in [-0.15, -0.1) is 0 Å². The quantitative estimate of drug-likeness (QED) is 0.499. The Morgan fingerprint density at radius 2 is 2.45 bits per heavy atom. The molecule has 1 aliphatic carbocycles. The van der Waals surface area contributed by atoms with Crippen molar-refractivity contribution < 1.29 is 0 Å². The first-order valence-corrected chi connectivity index (χ1v) is 6.32. The standard InChI is InChI=1S/C10H14Se/c1-2-3-4-10-8-5-6-9(7-8)11-10/h2,5-6,8-10H,1,3-4,7H2/t8?,9?,10-/m0/s1. The molecule has 2 bridgehead atoms. The summed E-state index contributed by atoms with van der Waals surface area (Å²) in [5.41, 5.74) is 0. The van der Waals surface area contributed by atoms with E-state index in [-0.39, 0.29) is 0 Å². The summed E-state index contributed by atoms with van der Waals surface area (Å²) in [6.45, 7) is 3.77. The molecule has 2 aliphatic rings. The Morgan fingerprint density at radius 1 is 1.55 bits per heavy atom. The van der Waals surface area contributed by atoms with Crippen LogP contribution in [0.1, 0.15) is 19.3 Å². The minimum absolute atomic E-state index is 0.919. The molecular weight excluding hydrogens is 199 g/mol. The van der Waals surface area contributed by atoms with E-state index < -0.39 is 0 Å². The molecule has 2 rings (SSSR count). The number of rotatable bonds is 3. The van der Waals surface area contributed by atoms with Crippen molar-refractivity contribution in [2.45, 2.75) is 28.9 Å². The van der Waals surface area contributed by atoms with Crippen molar-refractivity contribution >= 4 is 15.0 Å². The maximum absolute atomic E-state index is 3.77. The molecule has 1 aliphatic heterocycles. The molecule has 0 N–H and O–H groups in total. The average molecular weight is 213 g/mol. The molecule has 2 unspecified atom stereocenters. The van der Waals surface area contributed by atoms with E-state index in [1.54, 1.807) is 0 Å². The van der Waals surface area contributed by atoms with E-state index in [2.05, 4.69) is 24.8 Å². The molecule has 0 aromatic rings. The van der Waals surface area contributed by atoms with Gasteiger partial charge in [-0.3, -0.25) is 0 Å². The first-order chi connectivity index (χ1) is 5.40. The van der Waals surface area contributed by atoms with Crippen LogP contribution in [-0.4, -0.2) is 15.0 Å². The molecule has 1 heterocycles. The van der Waals surface area contributed by atoms with Gasteiger partial charge in [-0.25, -0.2) is 0 Å². The zero-order valence-corrected chi connectivity index (χ0v) is 8.41. The third kappa shape index (κ3) is 1.45. The van der Waals surface area contributed by atoms with E-state index in [1.807, 2.05) is 0 Å². The fraction of sp³-hybridized carbons (Fsp3) is 0.600. The van der Waals surface area contributed by atoms with E-state index in [1.165, 1.54) is 19.3 Å². The Hall–Kier alpha value is -0.000519. The van der Waals surface area contributed by atoms with Crippen molar-refractivity contribution in [2.75, 3.05) is 0 Å². The van der Waals surface area contributed by atoms with Crippen LogP contribution in [0.15, 0.2) is 24.8 Å². The van der Waals surface area contributed by atoms with Crippen LogP contribution in [0, 0.1) is 5.92 Å². The van der Waals surface area contributed by atoms with Crippen LogP contribution >= 0.6 is 0 Å². The molecule has 0 radical (unpaired) electrons. The zero-order valence-electron chi connectivity index (χ0n) is 6.70. The summed E-state index contributed by atoms with van der Waals surface area (Å²) in [7, 11) is 0. The minimum atomic E-state index is 0.919. The van der Waals surface area contributed by atoms with Gasteiger partial charge in [0.2, 0.25) is 0 Å². The van der Waals surface area contributed by atoms with Crippen molar-refractivity contribution in [3.05, 3.63) is 24.8 Å². The molecule has 0 nitrogen and oxygen atoms in total. The van der Waals surface area contributed by atoms with Crippen molar-refractivity contribution in [3.8, 4) is 0 Å². The van der Waals surface area contributed by atoms with Gasteiger partial charge in [-0.2, -0.15) is 0 Å². The normalized spacial score (nSPS) is 39.8. The van der Waals surface area contributed by atoms with Crippen LogP contribution in [-0.2, 0) is 0 Å². The van der Waals surface area contributed by atoms with E-state index in [0.717, 1.165) is 30.5 Å². The van der Waals surface area contributed by atoms with Gasteiger partial charge >= 0.3 is 74.6 Å².